The van der Waals surface area contributed by atoms with Crippen LogP contribution in [-0.4, -0.2) is 27.6 Å². The third kappa shape index (κ3) is 3.92. The van der Waals surface area contributed by atoms with Crippen LogP contribution in [-0.2, 0) is 10.0 Å². The summed E-state index contributed by atoms with van der Waals surface area (Å²) in [7, 11) is -2.15. The number of rotatable bonds is 7. The van der Waals surface area contributed by atoms with Crippen molar-refractivity contribution in [3.05, 3.63) is 24.3 Å². The molecule has 0 amide bonds. The van der Waals surface area contributed by atoms with Crippen molar-refractivity contribution in [2.75, 3.05) is 13.7 Å². The molecule has 0 atom stereocenters. The van der Waals surface area contributed by atoms with Crippen molar-refractivity contribution in [3.63, 3.8) is 0 Å². The molecule has 0 bridgehead atoms. The van der Waals surface area contributed by atoms with E-state index < -0.39 is 15.6 Å². The van der Waals surface area contributed by atoms with E-state index in [2.05, 4.69) is 4.72 Å². The lowest BCUT2D eigenvalue weighted by molar-refractivity contribution is 0.203. The molecule has 0 heterocycles. The Kier molecular flexibility index (Phi) is 5.34. The molecule has 5 nitrogen and oxygen atoms in total. The summed E-state index contributed by atoms with van der Waals surface area (Å²) in [6.07, 6.45) is 1.54. The Morgan fingerprint density at radius 3 is 2.37 bits per heavy atom. The number of nitrogens with one attached hydrogen (secondary N) is 1. The molecule has 1 aromatic rings. The van der Waals surface area contributed by atoms with E-state index >= 15 is 0 Å². The van der Waals surface area contributed by atoms with Gasteiger partial charge >= 0.3 is 0 Å². The molecule has 1 aromatic carbocycles. The van der Waals surface area contributed by atoms with E-state index in [0.717, 1.165) is 12.8 Å². The van der Waals surface area contributed by atoms with E-state index in [-0.39, 0.29) is 11.5 Å². The highest BCUT2D eigenvalue weighted by Gasteiger charge is 2.23. The van der Waals surface area contributed by atoms with Crippen LogP contribution in [0.1, 0.15) is 26.7 Å². The maximum atomic E-state index is 11.9. The van der Waals surface area contributed by atoms with Gasteiger partial charge in [-0.15, -0.1) is 0 Å². The van der Waals surface area contributed by atoms with Gasteiger partial charge in [0.1, 0.15) is 17.3 Å². The normalized spacial score (nSPS) is 12.4. The second-order valence-corrected chi connectivity index (χ2v) is 6.37. The monoisotopic (exact) mass is 286 g/mol. The fourth-order valence-corrected chi connectivity index (χ4v) is 2.45. The summed E-state index contributed by atoms with van der Waals surface area (Å²) in [6, 6.07) is 6.54. The van der Waals surface area contributed by atoms with Crippen LogP contribution in [0.3, 0.4) is 0 Å². The van der Waals surface area contributed by atoms with E-state index in [1.54, 1.807) is 18.2 Å². The standard InChI is InChI=1S/C13H22N2O3S/c1-4-13(14,5-2)10-18-11-8-6-7-9-12(11)19(16,17)15-3/h6-9,15H,4-5,10,14H2,1-3H3. The highest BCUT2D eigenvalue weighted by Crippen LogP contribution is 2.24. The third-order valence-corrected chi connectivity index (χ3v) is 4.78. The molecule has 0 saturated heterocycles. The maximum absolute atomic E-state index is 11.9. The Balaban J connectivity index is 2.97. The molecule has 0 radical (unpaired) electrons. The molecule has 0 spiro atoms. The van der Waals surface area contributed by atoms with Crippen molar-refractivity contribution < 1.29 is 13.2 Å². The first-order chi connectivity index (χ1) is 8.88. The molecule has 6 heteroatoms. The van der Waals surface area contributed by atoms with Crippen molar-refractivity contribution in [3.8, 4) is 5.75 Å². The molecular weight excluding hydrogens is 264 g/mol. The van der Waals surface area contributed by atoms with Crippen LogP contribution in [0.15, 0.2) is 29.2 Å². The minimum absolute atomic E-state index is 0.132. The smallest absolute Gasteiger partial charge is 0.243 e. The van der Waals surface area contributed by atoms with Crippen molar-refractivity contribution in [2.45, 2.75) is 37.1 Å². The second-order valence-electron chi connectivity index (χ2n) is 4.51. The van der Waals surface area contributed by atoms with E-state index in [1.165, 1.54) is 13.1 Å². The van der Waals surface area contributed by atoms with Gasteiger partial charge in [-0.1, -0.05) is 26.0 Å². The van der Waals surface area contributed by atoms with Crippen molar-refractivity contribution in [1.82, 2.24) is 4.72 Å². The van der Waals surface area contributed by atoms with Gasteiger partial charge in [0.05, 0.1) is 0 Å². The van der Waals surface area contributed by atoms with Gasteiger partial charge in [0.2, 0.25) is 10.0 Å². The molecule has 0 unspecified atom stereocenters. The second kappa shape index (κ2) is 6.36. The van der Waals surface area contributed by atoms with Crippen LogP contribution in [0.25, 0.3) is 0 Å². The fraction of sp³-hybridized carbons (Fsp3) is 0.538. The number of ether oxygens (including phenoxy) is 1. The largest absolute Gasteiger partial charge is 0.490 e. The number of para-hydroxylation sites is 1. The predicted octanol–water partition coefficient (Wildman–Crippen LogP) is 1.49. The molecule has 19 heavy (non-hydrogen) atoms. The van der Waals surface area contributed by atoms with Crippen LogP contribution in [0.4, 0.5) is 0 Å². The third-order valence-electron chi connectivity index (χ3n) is 3.33. The SMILES string of the molecule is CCC(N)(CC)COc1ccccc1S(=O)(=O)NC. The minimum Gasteiger partial charge on any atom is -0.490 e. The van der Waals surface area contributed by atoms with E-state index in [0.29, 0.717) is 5.75 Å². The van der Waals surface area contributed by atoms with Crippen LogP contribution in [0, 0.1) is 0 Å². The quantitative estimate of drug-likeness (QED) is 0.795. The minimum atomic E-state index is -3.53. The number of benzene rings is 1. The summed E-state index contributed by atoms with van der Waals surface area (Å²) in [6.45, 7) is 4.27. The van der Waals surface area contributed by atoms with E-state index in [9.17, 15) is 8.42 Å². The summed E-state index contributed by atoms with van der Waals surface area (Å²) in [5.74, 6) is 0.327. The van der Waals surface area contributed by atoms with Gasteiger partial charge in [0.25, 0.3) is 0 Å². The van der Waals surface area contributed by atoms with Crippen molar-refractivity contribution in [2.24, 2.45) is 5.73 Å². The summed E-state index contributed by atoms with van der Waals surface area (Å²) in [4.78, 5) is 0.132. The average molecular weight is 286 g/mol. The van der Waals surface area contributed by atoms with E-state index in [1.807, 2.05) is 13.8 Å². The molecule has 108 valence electrons. The van der Waals surface area contributed by atoms with Gasteiger partial charge in [-0.3, -0.25) is 0 Å². The number of hydrogen-bond donors (Lipinski definition) is 2. The molecule has 3 N–H and O–H groups in total. The van der Waals surface area contributed by atoms with Crippen LogP contribution >= 0.6 is 0 Å². The number of sulfonamides is 1. The van der Waals surface area contributed by atoms with Gasteiger partial charge in [-0.05, 0) is 32.0 Å². The van der Waals surface area contributed by atoms with E-state index in [4.69, 9.17) is 10.5 Å². The summed E-state index contributed by atoms with van der Waals surface area (Å²) in [5.41, 5.74) is 5.71. The first-order valence-electron chi connectivity index (χ1n) is 6.33. The Morgan fingerprint density at radius 1 is 1.26 bits per heavy atom. The predicted molar refractivity (Wildman–Crippen MR) is 75.7 cm³/mol. The molecule has 0 saturated carbocycles. The zero-order valence-corrected chi connectivity index (χ0v) is 12.5. The average Bonchev–Trinajstić information content (AvgIpc) is 2.45. The van der Waals surface area contributed by atoms with Crippen LogP contribution < -0.4 is 15.2 Å². The lowest BCUT2D eigenvalue weighted by atomic mass is 9.96. The van der Waals surface area contributed by atoms with Crippen LogP contribution in [0.5, 0.6) is 5.75 Å². The van der Waals surface area contributed by atoms with Crippen LogP contribution in [0.2, 0.25) is 0 Å². The number of hydrogen-bond acceptors (Lipinski definition) is 4. The summed E-state index contributed by atoms with van der Waals surface area (Å²) >= 11 is 0. The summed E-state index contributed by atoms with van der Waals surface area (Å²) < 4.78 is 31.6. The molecular formula is C13H22N2O3S. The highest BCUT2D eigenvalue weighted by atomic mass is 32.2. The first-order valence-corrected chi connectivity index (χ1v) is 7.81. The van der Waals surface area contributed by atoms with Gasteiger partial charge in [0, 0.05) is 5.54 Å². The molecule has 0 aliphatic carbocycles. The lowest BCUT2D eigenvalue weighted by Gasteiger charge is -2.27. The van der Waals surface area contributed by atoms with Gasteiger partial charge in [-0.2, -0.15) is 0 Å². The Hall–Kier alpha value is -1.11. The molecule has 0 aromatic heterocycles. The van der Waals surface area contributed by atoms with Crippen molar-refractivity contribution in [1.29, 1.82) is 0 Å². The maximum Gasteiger partial charge on any atom is 0.243 e. The van der Waals surface area contributed by atoms with Gasteiger partial charge in [0.15, 0.2) is 0 Å². The molecule has 1 rings (SSSR count). The van der Waals surface area contributed by atoms with Gasteiger partial charge in [-0.25, -0.2) is 13.1 Å². The van der Waals surface area contributed by atoms with Gasteiger partial charge < -0.3 is 10.5 Å². The topological polar surface area (TPSA) is 81.4 Å². The highest BCUT2D eigenvalue weighted by molar-refractivity contribution is 7.89. The Labute approximate surface area is 115 Å². The first kappa shape index (κ1) is 15.9. The fourth-order valence-electron chi connectivity index (χ4n) is 1.58. The molecule has 0 aliphatic heterocycles. The Bertz CT molecular complexity index is 510. The Morgan fingerprint density at radius 2 is 1.84 bits per heavy atom. The zero-order valence-electron chi connectivity index (χ0n) is 11.6. The molecule has 0 fully saturated rings. The number of nitrogens with two attached hydrogens (primary N) is 1. The summed E-state index contributed by atoms with van der Waals surface area (Å²) in [5, 5.41) is 0. The molecule has 0 aliphatic rings. The zero-order chi connectivity index (χ0) is 14.5. The lowest BCUT2D eigenvalue weighted by Crippen LogP contribution is -2.44. The van der Waals surface area contributed by atoms with Crippen molar-refractivity contribution >= 4 is 10.0 Å².